The van der Waals surface area contributed by atoms with Crippen molar-refractivity contribution < 1.29 is 9.90 Å². The summed E-state index contributed by atoms with van der Waals surface area (Å²) in [6.45, 7) is 8.77. The molecule has 2 heterocycles. The van der Waals surface area contributed by atoms with Crippen molar-refractivity contribution in [2.45, 2.75) is 51.3 Å². The van der Waals surface area contributed by atoms with Crippen molar-refractivity contribution in [3.05, 3.63) is 59.2 Å². The van der Waals surface area contributed by atoms with Crippen LogP contribution in [0.4, 0.5) is 11.4 Å². The molecule has 1 saturated heterocycles. The topological polar surface area (TPSA) is 90.6 Å². The van der Waals surface area contributed by atoms with E-state index < -0.39 is 6.10 Å². The zero-order chi connectivity index (χ0) is 23.3. The molecule has 5 N–H and O–H groups in total. The second kappa shape index (κ2) is 8.33. The van der Waals surface area contributed by atoms with Crippen molar-refractivity contribution in [2.75, 3.05) is 30.3 Å². The largest absolute Gasteiger partial charge is 0.391 e. The Labute approximate surface area is 196 Å². The van der Waals surface area contributed by atoms with E-state index in [4.69, 9.17) is 5.73 Å². The molecule has 2 aromatic rings. The summed E-state index contributed by atoms with van der Waals surface area (Å²) >= 11 is 0. The Morgan fingerprint density at radius 1 is 1.30 bits per heavy atom. The number of aliphatic hydroxyl groups excluding tert-OH is 1. The van der Waals surface area contributed by atoms with Crippen LogP contribution in [0.3, 0.4) is 0 Å². The summed E-state index contributed by atoms with van der Waals surface area (Å²) in [5, 5.41) is 18.8. The number of carbonyl (C=O) groups excluding carboxylic acids is 1. The van der Waals surface area contributed by atoms with Crippen LogP contribution in [0, 0.1) is 30.7 Å². The average Bonchev–Trinajstić information content (AvgIpc) is 3.32. The number of aryl methyl sites for hydroxylation is 1. The van der Waals surface area contributed by atoms with Gasteiger partial charge in [0.05, 0.1) is 23.4 Å². The van der Waals surface area contributed by atoms with Gasteiger partial charge in [-0.25, -0.2) is 0 Å². The number of nitrogens with zero attached hydrogens (tertiary/aromatic N) is 1. The van der Waals surface area contributed by atoms with E-state index in [-0.39, 0.29) is 35.2 Å². The van der Waals surface area contributed by atoms with Gasteiger partial charge in [0.2, 0.25) is 5.91 Å². The quantitative estimate of drug-likeness (QED) is 0.566. The molecule has 2 aliphatic heterocycles. The number of nitrogens with two attached hydrogens (primary N) is 1. The number of carbonyl (C=O) groups is 1. The molecule has 0 aromatic heterocycles. The Kier molecular flexibility index (Phi) is 5.61. The molecule has 3 aliphatic rings. The van der Waals surface area contributed by atoms with Crippen LogP contribution < -0.4 is 16.4 Å². The van der Waals surface area contributed by atoms with Gasteiger partial charge < -0.3 is 26.4 Å². The molecular formula is C27H35N4O2. The number of likely N-dealkylation sites (tertiary alicyclic amines) is 1. The van der Waals surface area contributed by atoms with Gasteiger partial charge in [0.25, 0.3) is 0 Å². The number of benzene rings is 2. The van der Waals surface area contributed by atoms with E-state index in [0.29, 0.717) is 6.54 Å². The predicted molar refractivity (Wildman–Crippen MR) is 131 cm³/mol. The third-order valence-electron chi connectivity index (χ3n) is 8.09. The molecule has 1 aliphatic carbocycles. The van der Waals surface area contributed by atoms with E-state index in [1.165, 1.54) is 11.1 Å². The van der Waals surface area contributed by atoms with Crippen LogP contribution in [0.25, 0.3) is 0 Å². The van der Waals surface area contributed by atoms with Crippen molar-refractivity contribution in [1.82, 2.24) is 4.90 Å². The highest BCUT2D eigenvalue weighted by atomic mass is 16.3. The minimum atomic E-state index is -0.472. The fraction of sp³-hybridized carbons (Fsp3) is 0.519. The van der Waals surface area contributed by atoms with Crippen molar-refractivity contribution in [1.29, 1.82) is 0 Å². The molecule has 33 heavy (non-hydrogen) atoms. The van der Waals surface area contributed by atoms with E-state index in [9.17, 15) is 9.90 Å². The van der Waals surface area contributed by atoms with E-state index in [0.717, 1.165) is 42.9 Å². The van der Waals surface area contributed by atoms with Crippen LogP contribution in [0.1, 0.15) is 42.9 Å². The smallest absolute Gasteiger partial charge is 0.225 e. The number of nitrogens with one attached hydrogen (secondary N) is 2. The summed E-state index contributed by atoms with van der Waals surface area (Å²) < 4.78 is 0. The van der Waals surface area contributed by atoms with Gasteiger partial charge in [-0.15, -0.1) is 0 Å². The number of primary amides is 1. The zero-order valence-corrected chi connectivity index (χ0v) is 19.8. The first-order chi connectivity index (χ1) is 15.8. The molecule has 0 bridgehead atoms. The summed E-state index contributed by atoms with van der Waals surface area (Å²) in [5.41, 5.74) is 11.1. The molecule has 6 nitrogen and oxygen atoms in total. The molecule has 6 heteroatoms. The Morgan fingerprint density at radius 3 is 2.82 bits per heavy atom. The minimum absolute atomic E-state index is 0.0729. The van der Waals surface area contributed by atoms with Gasteiger partial charge in [-0.3, -0.25) is 4.79 Å². The third kappa shape index (κ3) is 3.79. The Morgan fingerprint density at radius 2 is 2.09 bits per heavy atom. The predicted octanol–water partition coefficient (Wildman–Crippen LogP) is 3.11. The first kappa shape index (κ1) is 22.2. The van der Waals surface area contributed by atoms with Crippen LogP contribution in [0.15, 0.2) is 36.4 Å². The molecule has 175 valence electrons. The molecule has 0 spiro atoms. The lowest BCUT2D eigenvalue weighted by atomic mass is 9.76. The monoisotopic (exact) mass is 447 g/mol. The summed E-state index contributed by atoms with van der Waals surface area (Å²) in [6.07, 6.45) is 1.24. The zero-order valence-electron chi connectivity index (χ0n) is 19.8. The normalized spacial score (nSPS) is 31.1. The number of rotatable bonds is 5. The van der Waals surface area contributed by atoms with E-state index in [1.807, 2.05) is 18.2 Å². The first-order valence-corrected chi connectivity index (χ1v) is 12.1. The standard InChI is InChI=1S/C27H35N4O2/c1-16(2)27(29-22-9-8-17(3)12-23(22)30-27)21-10-11-31(15-24(21)32)14-19-13-18-6-4-5-7-20(18)25(19)26(28)33/h5-9,12,16,19,21,24-25,29-30,32H,10-11,13-15H2,1-3H3,(H2,28,33)/t19?,21-,24-,25?,27?/m0/s1. The number of piperidine rings is 1. The second-order valence-corrected chi connectivity index (χ2v) is 10.5. The number of aliphatic hydroxyl groups is 1. The summed E-state index contributed by atoms with van der Waals surface area (Å²) in [7, 11) is 0. The molecule has 1 fully saturated rings. The highest BCUT2D eigenvalue weighted by Gasteiger charge is 2.50. The molecule has 1 radical (unpaired) electrons. The molecule has 5 rings (SSSR count). The van der Waals surface area contributed by atoms with Gasteiger partial charge >= 0.3 is 0 Å². The second-order valence-electron chi connectivity index (χ2n) is 10.5. The van der Waals surface area contributed by atoms with E-state index >= 15 is 0 Å². The molecule has 5 atom stereocenters. The molecule has 3 unspecified atom stereocenters. The van der Waals surface area contributed by atoms with Gasteiger partial charge in [-0.05, 0) is 73.0 Å². The van der Waals surface area contributed by atoms with Gasteiger partial charge in [0.15, 0.2) is 0 Å². The summed E-state index contributed by atoms with van der Waals surface area (Å²) in [4.78, 5) is 14.6. The first-order valence-electron chi connectivity index (χ1n) is 12.1. The van der Waals surface area contributed by atoms with Crippen molar-refractivity contribution >= 4 is 17.3 Å². The summed E-state index contributed by atoms with van der Waals surface area (Å²) in [5.74, 6) is -0.0139. The third-order valence-corrected chi connectivity index (χ3v) is 8.09. The summed E-state index contributed by atoms with van der Waals surface area (Å²) in [6, 6.07) is 15.4. The fourth-order valence-corrected chi connectivity index (χ4v) is 6.44. The minimum Gasteiger partial charge on any atom is -0.391 e. The molecular weight excluding hydrogens is 412 g/mol. The van der Waals surface area contributed by atoms with E-state index in [1.54, 1.807) is 0 Å². The lowest BCUT2D eigenvalue weighted by Gasteiger charge is -2.48. The van der Waals surface area contributed by atoms with Gasteiger partial charge in [-0.2, -0.15) is 0 Å². The lowest BCUT2D eigenvalue weighted by Crippen LogP contribution is -2.61. The maximum absolute atomic E-state index is 12.3. The maximum Gasteiger partial charge on any atom is 0.225 e. The Hall–Kier alpha value is -2.57. The highest BCUT2D eigenvalue weighted by molar-refractivity contribution is 5.84. The van der Waals surface area contributed by atoms with Crippen molar-refractivity contribution in [2.24, 2.45) is 23.5 Å². The van der Waals surface area contributed by atoms with Gasteiger partial charge in [0.1, 0.15) is 5.66 Å². The SMILES string of the molecule is Cc1ccc2c(c1)NC(C(C)C)([C@H]1CCN(CC3Cc4c[c]ccc4C3C(N)=O)C[C@@H]1O)N2. The Balaban J connectivity index is 1.30. The molecule has 1 amide bonds. The van der Waals surface area contributed by atoms with E-state index in [2.05, 4.69) is 60.6 Å². The van der Waals surface area contributed by atoms with Gasteiger partial charge in [0, 0.05) is 19.0 Å². The number of hydrogen-bond donors (Lipinski definition) is 4. The van der Waals surface area contributed by atoms with Crippen LogP contribution in [-0.4, -0.2) is 47.3 Å². The van der Waals surface area contributed by atoms with Crippen molar-refractivity contribution in [3.63, 3.8) is 0 Å². The van der Waals surface area contributed by atoms with Crippen LogP contribution in [-0.2, 0) is 11.2 Å². The maximum atomic E-state index is 12.3. The number of amides is 1. The number of β-amino-alcohol motifs (C(OH)–C–C–N with tert-alkyl or cyclic N) is 1. The Bertz CT molecular complexity index is 1050. The van der Waals surface area contributed by atoms with Crippen LogP contribution in [0.2, 0.25) is 0 Å². The highest BCUT2D eigenvalue weighted by Crippen LogP contribution is 2.45. The van der Waals surface area contributed by atoms with Crippen LogP contribution >= 0.6 is 0 Å². The number of anilines is 2. The number of hydrogen-bond acceptors (Lipinski definition) is 5. The molecule has 2 aromatic carbocycles. The average molecular weight is 448 g/mol. The van der Waals surface area contributed by atoms with Crippen LogP contribution in [0.5, 0.6) is 0 Å². The lowest BCUT2D eigenvalue weighted by molar-refractivity contribution is -0.120. The van der Waals surface area contributed by atoms with Gasteiger partial charge in [-0.1, -0.05) is 38.1 Å². The molecule has 0 saturated carbocycles. The fourth-order valence-electron chi connectivity index (χ4n) is 6.44. The van der Waals surface area contributed by atoms with Crippen molar-refractivity contribution in [3.8, 4) is 0 Å². The number of fused-ring (bicyclic) bond motifs is 2.